The molecular formula is C16H20N2O4. The van der Waals surface area contributed by atoms with Gasteiger partial charge in [-0.05, 0) is 12.5 Å². The molecule has 0 aliphatic heterocycles. The maximum atomic E-state index is 12.2. The van der Waals surface area contributed by atoms with Gasteiger partial charge in [0.25, 0.3) is 0 Å². The van der Waals surface area contributed by atoms with Crippen LogP contribution in [0.3, 0.4) is 0 Å². The molecule has 6 heteroatoms. The molecule has 1 atom stereocenters. The van der Waals surface area contributed by atoms with Crippen LogP contribution in [0.5, 0.6) is 0 Å². The minimum Gasteiger partial charge on any atom is -0.460 e. The van der Waals surface area contributed by atoms with Crippen LogP contribution < -0.4 is 0 Å². The Hall–Kier alpha value is -2.18. The molecule has 22 heavy (non-hydrogen) atoms. The zero-order chi connectivity index (χ0) is 15.9. The van der Waals surface area contributed by atoms with Gasteiger partial charge in [-0.25, -0.2) is 9.78 Å². The topological polar surface area (TPSA) is 84.6 Å². The Morgan fingerprint density at radius 2 is 1.95 bits per heavy atom. The number of imidazole rings is 1. The lowest BCUT2D eigenvalue weighted by Gasteiger charge is -2.17. The third-order valence-electron chi connectivity index (χ3n) is 3.54. The molecule has 2 aromatic rings. The van der Waals surface area contributed by atoms with Gasteiger partial charge in [0.2, 0.25) is 0 Å². The van der Waals surface area contributed by atoms with Crippen molar-refractivity contribution in [3.05, 3.63) is 54.1 Å². The smallest absolute Gasteiger partial charge is 0.356 e. The van der Waals surface area contributed by atoms with E-state index in [1.165, 1.54) is 6.20 Å². The summed E-state index contributed by atoms with van der Waals surface area (Å²) in [6, 6.07) is 9.71. The molecule has 0 unspecified atom stereocenters. The summed E-state index contributed by atoms with van der Waals surface area (Å²) in [6.07, 6.45) is 3.04. The van der Waals surface area contributed by atoms with Crippen molar-refractivity contribution in [2.24, 2.45) is 5.92 Å². The maximum absolute atomic E-state index is 12.2. The summed E-state index contributed by atoms with van der Waals surface area (Å²) in [4.78, 5) is 16.2. The van der Waals surface area contributed by atoms with E-state index in [1.807, 2.05) is 37.3 Å². The highest BCUT2D eigenvalue weighted by atomic mass is 16.5. The van der Waals surface area contributed by atoms with E-state index in [2.05, 4.69) is 4.98 Å². The summed E-state index contributed by atoms with van der Waals surface area (Å²) in [5.41, 5.74) is 1.39. The Labute approximate surface area is 129 Å². The van der Waals surface area contributed by atoms with E-state index >= 15 is 0 Å². The third kappa shape index (κ3) is 3.72. The van der Waals surface area contributed by atoms with Crippen LogP contribution in [0.1, 0.15) is 29.0 Å². The van der Waals surface area contributed by atoms with E-state index in [9.17, 15) is 4.79 Å². The first-order valence-electron chi connectivity index (χ1n) is 7.13. The van der Waals surface area contributed by atoms with Crippen LogP contribution in [0.4, 0.5) is 0 Å². The van der Waals surface area contributed by atoms with Crippen LogP contribution in [0.25, 0.3) is 0 Å². The lowest BCUT2D eigenvalue weighted by molar-refractivity contribution is 0.0292. The van der Waals surface area contributed by atoms with Crippen LogP contribution in [0, 0.1) is 5.92 Å². The number of hydrogen-bond acceptors (Lipinski definition) is 5. The summed E-state index contributed by atoms with van der Waals surface area (Å²) in [7, 11) is 0. The first-order valence-corrected chi connectivity index (χ1v) is 7.13. The van der Waals surface area contributed by atoms with Gasteiger partial charge in [0.1, 0.15) is 5.69 Å². The summed E-state index contributed by atoms with van der Waals surface area (Å²) in [5, 5.41) is 18.0. The fraction of sp³-hybridized carbons (Fsp3) is 0.375. The molecule has 0 spiro atoms. The van der Waals surface area contributed by atoms with Crippen molar-refractivity contribution in [2.75, 3.05) is 19.8 Å². The zero-order valence-electron chi connectivity index (χ0n) is 12.4. The second-order valence-electron chi connectivity index (χ2n) is 5.10. The number of esters is 1. The van der Waals surface area contributed by atoms with Crippen molar-refractivity contribution in [3.63, 3.8) is 0 Å². The number of nitrogens with zero attached hydrogens (tertiary/aromatic N) is 2. The molecule has 0 aliphatic rings. The number of rotatable bonds is 7. The van der Waals surface area contributed by atoms with Crippen LogP contribution in [-0.4, -0.2) is 45.6 Å². The predicted molar refractivity (Wildman–Crippen MR) is 80.4 cm³/mol. The molecule has 118 valence electrons. The molecule has 2 N–H and O–H groups in total. The largest absolute Gasteiger partial charge is 0.460 e. The minimum atomic E-state index is -0.521. The molecule has 2 rings (SSSR count). The van der Waals surface area contributed by atoms with E-state index in [1.54, 1.807) is 10.9 Å². The zero-order valence-corrected chi connectivity index (χ0v) is 12.4. The fourth-order valence-electron chi connectivity index (χ4n) is 2.09. The van der Waals surface area contributed by atoms with Crippen molar-refractivity contribution in [1.29, 1.82) is 0 Å². The molecule has 0 bridgehead atoms. The lowest BCUT2D eigenvalue weighted by Crippen LogP contribution is -2.22. The van der Waals surface area contributed by atoms with Crippen LogP contribution in [0.15, 0.2) is 42.9 Å². The van der Waals surface area contributed by atoms with Gasteiger partial charge in [0, 0.05) is 5.92 Å². The van der Waals surface area contributed by atoms with E-state index in [-0.39, 0.29) is 25.9 Å². The van der Waals surface area contributed by atoms with Gasteiger partial charge in [0.05, 0.1) is 38.4 Å². The number of hydrogen-bond donors (Lipinski definition) is 2. The quantitative estimate of drug-likeness (QED) is 0.752. The fourth-order valence-corrected chi connectivity index (χ4v) is 2.09. The molecule has 1 aromatic carbocycles. The van der Waals surface area contributed by atoms with Crippen molar-refractivity contribution in [3.8, 4) is 0 Å². The van der Waals surface area contributed by atoms with Gasteiger partial charge < -0.3 is 19.5 Å². The third-order valence-corrected chi connectivity index (χ3v) is 3.54. The highest BCUT2D eigenvalue weighted by Crippen LogP contribution is 2.19. The van der Waals surface area contributed by atoms with Crippen molar-refractivity contribution >= 4 is 5.97 Å². The second kappa shape index (κ2) is 7.72. The van der Waals surface area contributed by atoms with E-state index in [4.69, 9.17) is 14.9 Å². The van der Waals surface area contributed by atoms with Crippen molar-refractivity contribution in [2.45, 2.75) is 13.0 Å². The molecule has 0 amide bonds. The molecule has 0 fully saturated rings. The van der Waals surface area contributed by atoms with Gasteiger partial charge in [-0.3, -0.25) is 0 Å². The Morgan fingerprint density at radius 1 is 1.27 bits per heavy atom. The number of carbonyl (C=O) groups is 1. The van der Waals surface area contributed by atoms with Gasteiger partial charge in [0.15, 0.2) is 0 Å². The molecule has 1 heterocycles. The Balaban J connectivity index is 2.10. The Morgan fingerprint density at radius 3 is 2.59 bits per heavy atom. The number of benzene rings is 1. The maximum Gasteiger partial charge on any atom is 0.356 e. The molecule has 0 radical (unpaired) electrons. The first-order chi connectivity index (χ1) is 10.7. The SMILES string of the molecule is C[C@H](c1ccccc1)n1cncc1C(=O)OCC(CO)CO. The summed E-state index contributed by atoms with van der Waals surface area (Å²) < 4.78 is 6.88. The predicted octanol–water partition coefficient (Wildman–Crippen LogP) is 1.25. The number of aliphatic hydroxyl groups is 2. The Kier molecular flexibility index (Phi) is 5.68. The molecular weight excluding hydrogens is 284 g/mol. The van der Waals surface area contributed by atoms with Gasteiger partial charge in [-0.2, -0.15) is 0 Å². The number of carbonyl (C=O) groups excluding carboxylic acids is 1. The molecule has 0 saturated heterocycles. The normalized spacial score (nSPS) is 12.4. The van der Waals surface area contributed by atoms with E-state index in [0.717, 1.165) is 5.56 Å². The summed E-state index contributed by atoms with van der Waals surface area (Å²) in [5.74, 6) is -0.987. The number of ether oxygens (including phenoxy) is 1. The highest BCUT2D eigenvalue weighted by molar-refractivity contribution is 5.87. The van der Waals surface area contributed by atoms with E-state index < -0.39 is 11.9 Å². The van der Waals surface area contributed by atoms with Crippen molar-refractivity contribution in [1.82, 2.24) is 9.55 Å². The second-order valence-corrected chi connectivity index (χ2v) is 5.10. The number of aliphatic hydroxyl groups excluding tert-OH is 2. The summed E-state index contributed by atoms with van der Waals surface area (Å²) in [6.45, 7) is 1.47. The first kappa shape index (κ1) is 16.2. The van der Waals surface area contributed by atoms with Crippen LogP contribution >= 0.6 is 0 Å². The number of aromatic nitrogens is 2. The van der Waals surface area contributed by atoms with Gasteiger partial charge in [-0.1, -0.05) is 30.3 Å². The highest BCUT2D eigenvalue weighted by Gasteiger charge is 2.19. The Bertz CT molecular complexity index is 593. The standard InChI is InChI=1S/C16H20N2O4/c1-12(14-5-3-2-4-6-14)18-11-17-7-15(18)16(21)22-10-13(8-19)9-20/h2-7,11-13,19-20H,8-10H2,1H3/t12-/m1/s1. The average Bonchev–Trinajstić information content (AvgIpc) is 3.05. The van der Waals surface area contributed by atoms with E-state index in [0.29, 0.717) is 5.69 Å². The van der Waals surface area contributed by atoms with Gasteiger partial charge in [-0.15, -0.1) is 0 Å². The van der Waals surface area contributed by atoms with Gasteiger partial charge >= 0.3 is 5.97 Å². The average molecular weight is 304 g/mol. The molecule has 6 nitrogen and oxygen atoms in total. The lowest BCUT2D eigenvalue weighted by atomic mass is 10.1. The molecule has 1 aromatic heterocycles. The summed E-state index contributed by atoms with van der Waals surface area (Å²) >= 11 is 0. The molecule has 0 saturated carbocycles. The van der Waals surface area contributed by atoms with Crippen LogP contribution in [-0.2, 0) is 4.74 Å². The van der Waals surface area contributed by atoms with Crippen LogP contribution in [0.2, 0.25) is 0 Å². The van der Waals surface area contributed by atoms with Crippen molar-refractivity contribution < 1.29 is 19.7 Å². The molecule has 0 aliphatic carbocycles. The monoisotopic (exact) mass is 304 g/mol. The minimum absolute atomic E-state index is 0.0310.